The normalized spacial score (nSPS) is 11.5. The Morgan fingerprint density at radius 2 is 1.75 bits per heavy atom. The van der Waals surface area contributed by atoms with E-state index >= 15 is 0 Å². The third kappa shape index (κ3) is 6.82. The van der Waals surface area contributed by atoms with Crippen LogP contribution in [0.4, 0.5) is 0 Å². The summed E-state index contributed by atoms with van der Waals surface area (Å²) in [6.45, 7) is 4.78. The van der Waals surface area contributed by atoms with E-state index in [0.717, 1.165) is 15.6 Å². The van der Waals surface area contributed by atoms with Crippen molar-refractivity contribution in [2.45, 2.75) is 39.3 Å². The number of ether oxygens (including phenoxy) is 1. The fourth-order valence-electron chi connectivity index (χ4n) is 2.82. The second-order valence-corrected chi connectivity index (χ2v) is 7.71. The molecule has 0 aliphatic carbocycles. The molecule has 2 aromatic carbocycles. The van der Waals surface area contributed by atoms with E-state index < -0.39 is 6.04 Å². The van der Waals surface area contributed by atoms with Gasteiger partial charge in [-0.15, -0.1) is 0 Å². The van der Waals surface area contributed by atoms with E-state index in [4.69, 9.17) is 4.74 Å². The average molecular weight is 494 g/mol. The van der Waals surface area contributed by atoms with E-state index in [0.29, 0.717) is 25.3 Å². The lowest BCUT2D eigenvalue weighted by Gasteiger charge is -2.30. The number of amides is 2. The highest BCUT2D eigenvalue weighted by Gasteiger charge is 2.28. The van der Waals surface area contributed by atoms with Gasteiger partial charge in [-0.25, -0.2) is 0 Å². The number of hydrogen-bond donors (Lipinski definition) is 1. The molecule has 0 aliphatic rings. The van der Waals surface area contributed by atoms with Crippen molar-refractivity contribution in [3.05, 3.63) is 63.7 Å². The molecule has 0 fully saturated rings. The Morgan fingerprint density at radius 3 is 2.36 bits per heavy atom. The van der Waals surface area contributed by atoms with E-state index in [2.05, 4.69) is 27.9 Å². The first-order valence-corrected chi connectivity index (χ1v) is 10.6. The number of nitrogens with zero attached hydrogens (tertiary/aromatic N) is 1. The van der Waals surface area contributed by atoms with Crippen LogP contribution in [0.25, 0.3) is 0 Å². The summed E-state index contributed by atoms with van der Waals surface area (Å²) in [5.74, 6) is 0.306. The lowest BCUT2D eigenvalue weighted by molar-refractivity contribution is -0.143. The van der Waals surface area contributed by atoms with Gasteiger partial charge in [0, 0.05) is 16.7 Å². The molecular weight excluding hydrogens is 467 g/mol. The third-order valence-electron chi connectivity index (χ3n) is 4.31. The predicted molar refractivity (Wildman–Crippen MR) is 119 cm³/mol. The van der Waals surface area contributed by atoms with Crippen molar-refractivity contribution in [1.82, 2.24) is 10.2 Å². The highest BCUT2D eigenvalue weighted by molar-refractivity contribution is 14.1. The molecule has 2 aromatic rings. The Morgan fingerprint density at radius 1 is 1.07 bits per heavy atom. The Bertz CT molecular complexity index is 750. The van der Waals surface area contributed by atoms with E-state index in [1.807, 2.05) is 68.4 Å². The summed E-state index contributed by atoms with van der Waals surface area (Å²) in [6, 6.07) is 16.7. The van der Waals surface area contributed by atoms with Crippen molar-refractivity contribution in [1.29, 1.82) is 0 Å². The van der Waals surface area contributed by atoms with Gasteiger partial charge in [-0.05, 0) is 65.3 Å². The van der Waals surface area contributed by atoms with Crippen LogP contribution in [0.1, 0.15) is 32.3 Å². The van der Waals surface area contributed by atoms with Crippen LogP contribution >= 0.6 is 22.6 Å². The minimum Gasteiger partial charge on any atom is -0.484 e. The fraction of sp³-hybridized carbons (Fsp3) is 0.364. The van der Waals surface area contributed by atoms with Crippen LogP contribution in [0.15, 0.2) is 54.6 Å². The van der Waals surface area contributed by atoms with Crippen LogP contribution in [-0.2, 0) is 16.1 Å². The summed E-state index contributed by atoms with van der Waals surface area (Å²) in [7, 11) is 0. The van der Waals surface area contributed by atoms with Gasteiger partial charge in [0.2, 0.25) is 5.91 Å². The van der Waals surface area contributed by atoms with Crippen molar-refractivity contribution in [2.75, 3.05) is 13.2 Å². The minimum absolute atomic E-state index is 0.106. The fourth-order valence-corrected chi connectivity index (χ4v) is 3.18. The van der Waals surface area contributed by atoms with Gasteiger partial charge >= 0.3 is 0 Å². The lowest BCUT2D eigenvalue weighted by Crippen LogP contribution is -2.50. The second-order valence-electron chi connectivity index (χ2n) is 6.46. The van der Waals surface area contributed by atoms with Crippen LogP contribution in [0.5, 0.6) is 5.75 Å². The first kappa shape index (κ1) is 22.2. The standard InChI is InChI=1S/C22H27IN2O3/c1-3-14-24-22(27)20(4-2)25(15-17-8-6-5-7-9-17)21(26)16-28-19-12-10-18(23)11-13-19/h5-13,20H,3-4,14-16H2,1-2H3,(H,24,27). The molecule has 1 N–H and O–H groups in total. The number of hydrogen-bond acceptors (Lipinski definition) is 3. The van der Waals surface area contributed by atoms with Gasteiger partial charge in [-0.2, -0.15) is 0 Å². The summed E-state index contributed by atoms with van der Waals surface area (Å²) >= 11 is 2.22. The summed E-state index contributed by atoms with van der Waals surface area (Å²) < 4.78 is 6.77. The van der Waals surface area contributed by atoms with Gasteiger partial charge in [-0.1, -0.05) is 44.2 Å². The average Bonchev–Trinajstić information content (AvgIpc) is 2.72. The third-order valence-corrected chi connectivity index (χ3v) is 5.03. The molecule has 0 bridgehead atoms. The summed E-state index contributed by atoms with van der Waals surface area (Å²) in [4.78, 5) is 27.2. The summed E-state index contributed by atoms with van der Waals surface area (Å²) in [6.07, 6.45) is 1.39. The number of benzene rings is 2. The first-order valence-electron chi connectivity index (χ1n) is 9.54. The van der Waals surface area contributed by atoms with Crippen LogP contribution in [0, 0.1) is 3.57 Å². The molecule has 0 radical (unpaired) electrons. The molecule has 0 saturated carbocycles. The van der Waals surface area contributed by atoms with Crippen molar-refractivity contribution in [3.63, 3.8) is 0 Å². The molecule has 1 atom stereocenters. The Kier molecular flexibility index (Phi) is 9.27. The molecule has 0 heterocycles. The molecule has 2 rings (SSSR count). The van der Waals surface area contributed by atoms with E-state index in [9.17, 15) is 9.59 Å². The monoisotopic (exact) mass is 494 g/mol. The molecule has 6 heteroatoms. The SMILES string of the molecule is CCCNC(=O)C(CC)N(Cc1ccccc1)C(=O)COc1ccc(I)cc1. The maximum absolute atomic E-state index is 13.0. The van der Waals surface area contributed by atoms with Gasteiger partial charge < -0.3 is 15.0 Å². The van der Waals surface area contributed by atoms with Gasteiger partial charge in [0.05, 0.1) is 0 Å². The van der Waals surface area contributed by atoms with Crippen molar-refractivity contribution >= 4 is 34.4 Å². The number of carbonyl (C=O) groups is 2. The Hall–Kier alpha value is -2.09. The van der Waals surface area contributed by atoms with Gasteiger partial charge in [0.15, 0.2) is 6.61 Å². The van der Waals surface area contributed by atoms with E-state index in [-0.39, 0.29) is 18.4 Å². The van der Waals surface area contributed by atoms with Crippen molar-refractivity contribution < 1.29 is 14.3 Å². The molecular formula is C22H27IN2O3. The number of carbonyl (C=O) groups excluding carboxylic acids is 2. The van der Waals surface area contributed by atoms with Crippen molar-refractivity contribution in [3.8, 4) is 5.75 Å². The van der Waals surface area contributed by atoms with Gasteiger partial charge in [-0.3, -0.25) is 9.59 Å². The molecule has 0 aromatic heterocycles. The zero-order valence-electron chi connectivity index (χ0n) is 16.4. The first-order chi connectivity index (χ1) is 13.5. The largest absolute Gasteiger partial charge is 0.484 e. The zero-order chi connectivity index (χ0) is 20.4. The zero-order valence-corrected chi connectivity index (χ0v) is 18.5. The van der Waals surface area contributed by atoms with Gasteiger partial charge in [0.25, 0.3) is 5.91 Å². The van der Waals surface area contributed by atoms with Crippen LogP contribution < -0.4 is 10.1 Å². The smallest absolute Gasteiger partial charge is 0.261 e. The predicted octanol–water partition coefficient (Wildman–Crippen LogP) is 4.00. The Balaban J connectivity index is 2.14. The second kappa shape index (κ2) is 11.7. The number of nitrogens with one attached hydrogen (secondary N) is 1. The summed E-state index contributed by atoms with van der Waals surface area (Å²) in [5.41, 5.74) is 0.979. The van der Waals surface area contributed by atoms with Gasteiger partial charge in [0.1, 0.15) is 11.8 Å². The summed E-state index contributed by atoms with van der Waals surface area (Å²) in [5, 5.41) is 2.91. The highest BCUT2D eigenvalue weighted by atomic mass is 127. The molecule has 2 amide bonds. The van der Waals surface area contributed by atoms with Crippen LogP contribution in [-0.4, -0.2) is 35.9 Å². The number of rotatable bonds is 10. The van der Waals surface area contributed by atoms with Crippen LogP contribution in [0.2, 0.25) is 0 Å². The maximum atomic E-state index is 13.0. The van der Waals surface area contributed by atoms with Crippen LogP contribution in [0.3, 0.4) is 0 Å². The topological polar surface area (TPSA) is 58.6 Å². The van der Waals surface area contributed by atoms with E-state index in [1.165, 1.54) is 0 Å². The quantitative estimate of drug-likeness (QED) is 0.508. The molecule has 0 aliphatic heterocycles. The molecule has 28 heavy (non-hydrogen) atoms. The van der Waals surface area contributed by atoms with E-state index in [1.54, 1.807) is 4.90 Å². The maximum Gasteiger partial charge on any atom is 0.261 e. The highest BCUT2D eigenvalue weighted by Crippen LogP contribution is 2.16. The molecule has 0 saturated heterocycles. The Labute approximate surface area is 180 Å². The lowest BCUT2D eigenvalue weighted by atomic mass is 10.1. The minimum atomic E-state index is -0.528. The molecule has 0 spiro atoms. The number of halogens is 1. The molecule has 5 nitrogen and oxygen atoms in total. The van der Waals surface area contributed by atoms with Crippen molar-refractivity contribution in [2.24, 2.45) is 0 Å². The molecule has 150 valence electrons. The molecule has 1 unspecified atom stereocenters.